The largest absolute Gasteiger partial charge is 0.381 e. The topological polar surface area (TPSA) is 47.3 Å². The molecule has 0 aromatic carbocycles. The summed E-state index contributed by atoms with van der Waals surface area (Å²) in [5.74, 6) is 1.32. The Morgan fingerprint density at radius 1 is 1.27 bits per heavy atom. The molecule has 1 aliphatic heterocycles. The molecule has 3 heteroatoms. The van der Waals surface area contributed by atoms with Crippen molar-refractivity contribution < 1.29 is 4.74 Å². The average Bonchev–Trinajstić information content (AvgIpc) is 2.90. The molecule has 0 aromatic rings. The first-order chi connectivity index (χ1) is 7.40. The van der Waals surface area contributed by atoms with Crippen LogP contribution in [0.4, 0.5) is 0 Å². The lowest BCUT2D eigenvalue weighted by Crippen LogP contribution is -2.38. The van der Waals surface area contributed by atoms with E-state index in [-0.39, 0.29) is 0 Å². The molecule has 88 valence electrons. The first kappa shape index (κ1) is 11.4. The van der Waals surface area contributed by atoms with Crippen LogP contribution in [0.3, 0.4) is 0 Å². The monoisotopic (exact) mass is 212 g/mol. The van der Waals surface area contributed by atoms with Gasteiger partial charge in [0.25, 0.3) is 0 Å². The van der Waals surface area contributed by atoms with Crippen LogP contribution in [0.5, 0.6) is 0 Å². The first-order valence-corrected chi connectivity index (χ1v) is 6.41. The molecule has 3 nitrogen and oxygen atoms in total. The molecule has 1 heterocycles. The van der Waals surface area contributed by atoms with Crippen LogP contribution >= 0.6 is 0 Å². The first-order valence-electron chi connectivity index (χ1n) is 6.41. The summed E-state index contributed by atoms with van der Waals surface area (Å²) in [6.45, 7) is 3.75. The minimum Gasteiger partial charge on any atom is -0.381 e. The third-order valence-electron chi connectivity index (χ3n) is 3.96. The fourth-order valence-corrected chi connectivity index (χ4v) is 2.81. The van der Waals surface area contributed by atoms with Gasteiger partial charge in [-0.25, -0.2) is 0 Å². The summed E-state index contributed by atoms with van der Waals surface area (Å²) in [5, 5.41) is 3.67. The van der Waals surface area contributed by atoms with E-state index >= 15 is 0 Å². The molecule has 3 N–H and O–H groups in total. The molecule has 0 bridgehead atoms. The fraction of sp³-hybridized carbons (Fsp3) is 1.00. The van der Waals surface area contributed by atoms with Crippen LogP contribution in [0.1, 0.15) is 32.1 Å². The van der Waals surface area contributed by atoms with Gasteiger partial charge < -0.3 is 15.8 Å². The molecular formula is C12H24N2O. The molecular weight excluding hydrogens is 188 g/mol. The highest BCUT2D eigenvalue weighted by molar-refractivity contribution is 4.80. The van der Waals surface area contributed by atoms with Crippen molar-refractivity contribution in [1.82, 2.24) is 5.32 Å². The molecule has 0 spiro atoms. The highest BCUT2D eigenvalue weighted by Gasteiger charge is 2.25. The fourth-order valence-electron chi connectivity index (χ4n) is 2.81. The molecule has 2 fully saturated rings. The molecule has 1 saturated carbocycles. The van der Waals surface area contributed by atoms with Gasteiger partial charge in [0.2, 0.25) is 0 Å². The van der Waals surface area contributed by atoms with E-state index < -0.39 is 0 Å². The van der Waals surface area contributed by atoms with Gasteiger partial charge in [-0.2, -0.15) is 0 Å². The lowest BCUT2D eigenvalue weighted by molar-refractivity contribution is 0.171. The second kappa shape index (κ2) is 5.83. The van der Waals surface area contributed by atoms with Crippen molar-refractivity contribution in [2.45, 2.75) is 38.1 Å². The third-order valence-corrected chi connectivity index (χ3v) is 3.96. The standard InChI is InChI=1S/C12H24N2O/c13-7-11(10-5-6-15-9-10)8-14-12-3-1-2-4-12/h10-12,14H,1-9,13H2. The number of ether oxygens (including phenoxy) is 1. The zero-order valence-corrected chi connectivity index (χ0v) is 9.58. The highest BCUT2D eigenvalue weighted by Crippen LogP contribution is 2.22. The van der Waals surface area contributed by atoms with E-state index in [4.69, 9.17) is 10.5 Å². The van der Waals surface area contributed by atoms with E-state index in [9.17, 15) is 0 Å². The van der Waals surface area contributed by atoms with Crippen molar-refractivity contribution in [3.05, 3.63) is 0 Å². The van der Waals surface area contributed by atoms with Crippen molar-refractivity contribution in [2.75, 3.05) is 26.3 Å². The Labute approximate surface area is 92.7 Å². The SMILES string of the molecule is NCC(CNC1CCCC1)C1CCOC1. The molecule has 2 unspecified atom stereocenters. The number of hydrogen-bond donors (Lipinski definition) is 2. The van der Waals surface area contributed by atoms with Gasteiger partial charge in [0.05, 0.1) is 0 Å². The normalized spacial score (nSPS) is 29.8. The van der Waals surface area contributed by atoms with Crippen LogP contribution in [-0.2, 0) is 4.74 Å². The lowest BCUT2D eigenvalue weighted by atomic mass is 9.91. The Hall–Kier alpha value is -0.120. The van der Waals surface area contributed by atoms with Crippen LogP contribution in [0.15, 0.2) is 0 Å². The van der Waals surface area contributed by atoms with E-state index in [0.29, 0.717) is 11.8 Å². The molecule has 1 saturated heterocycles. The second-order valence-electron chi connectivity index (χ2n) is 5.01. The predicted octanol–water partition coefficient (Wildman–Crippen LogP) is 1.13. The number of hydrogen-bond acceptors (Lipinski definition) is 3. The van der Waals surface area contributed by atoms with Crippen LogP contribution in [0, 0.1) is 11.8 Å². The maximum atomic E-state index is 5.84. The van der Waals surface area contributed by atoms with E-state index in [1.807, 2.05) is 0 Å². The summed E-state index contributed by atoms with van der Waals surface area (Å²) in [4.78, 5) is 0. The average molecular weight is 212 g/mol. The predicted molar refractivity (Wildman–Crippen MR) is 61.7 cm³/mol. The number of rotatable bonds is 5. The summed E-state index contributed by atoms with van der Waals surface area (Å²) in [5.41, 5.74) is 5.84. The van der Waals surface area contributed by atoms with Gasteiger partial charge in [0.15, 0.2) is 0 Å². The van der Waals surface area contributed by atoms with E-state index in [0.717, 1.165) is 32.3 Å². The van der Waals surface area contributed by atoms with Gasteiger partial charge in [-0.05, 0) is 44.2 Å². The molecule has 2 atom stereocenters. The van der Waals surface area contributed by atoms with Gasteiger partial charge in [-0.3, -0.25) is 0 Å². The maximum Gasteiger partial charge on any atom is 0.0498 e. The zero-order chi connectivity index (χ0) is 10.5. The zero-order valence-electron chi connectivity index (χ0n) is 9.58. The Morgan fingerprint density at radius 3 is 2.67 bits per heavy atom. The minimum atomic E-state index is 0.619. The van der Waals surface area contributed by atoms with E-state index in [2.05, 4.69) is 5.32 Å². The molecule has 0 amide bonds. The second-order valence-corrected chi connectivity index (χ2v) is 5.01. The van der Waals surface area contributed by atoms with Crippen molar-refractivity contribution in [2.24, 2.45) is 17.6 Å². The summed E-state index contributed by atoms with van der Waals surface area (Å²) >= 11 is 0. The minimum absolute atomic E-state index is 0.619. The Morgan fingerprint density at radius 2 is 2.07 bits per heavy atom. The molecule has 1 aliphatic carbocycles. The Bertz CT molecular complexity index is 174. The summed E-state index contributed by atoms with van der Waals surface area (Å²) in [6.07, 6.45) is 6.72. The molecule has 15 heavy (non-hydrogen) atoms. The van der Waals surface area contributed by atoms with Crippen LogP contribution in [0.2, 0.25) is 0 Å². The molecule has 2 rings (SSSR count). The smallest absolute Gasteiger partial charge is 0.0498 e. The summed E-state index contributed by atoms with van der Waals surface area (Å²) in [6, 6.07) is 0.765. The molecule has 0 radical (unpaired) electrons. The van der Waals surface area contributed by atoms with Gasteiger partial charge in [0.1, 0.15) is 0 Å². The van der Waals surface area contributed by atoms with E-state index in [1.165, 1.54) is 32.1 Å². The molecule has 2 aliphatic rings. The maximum absolute atomic E-state index is 5.84. The van der Waals surface area contributed by atoms with Crippen molar-refractivity contribution >= 4 is 0 Å². The lowest BCUT2D eigenvalue weighted by Gasteiger charge is -2.23. The Kier molecular flexibility index (Phi) is 4.42. The van der Waals surface area contributed by atoms with Gasteiger partial charge in [0, 0.05) is 19.3 Å². The van der Waals surface area contributed by atoms with Gasteiger partial charge in [-0.15, -0.1) is 0 Å². The van der Waals surface area contributed by atoms with Gasteiger partial charge in [-0.1, -0.05) is 12.8 Å². The van der Waals surface area contributed by atoms with Crippen molar-refractivity contribution in [1.29, 1.82) is 0 Å². The van der Waals surface area contributed by atoms with Crippen LogP contribution in [0.25, 0.3) is 0 Å². The summed E-state index contributed by atoms with van der Waals surface area (Å²) < 4.78 is 5.43. The Balaban J connectivity index is 1.69. The van der Waals surface area contributed by atoms with Crippen molar-refractivity contribution in [3.63, 3.8) is 0 Å². The number of nitrogens with one attached hydrogen (secondary N) is 1. The third kappa shape index (κ3) is 3.16. The quantitative estimate of drug-likeness (QED) is 0.718. The molecule has 0 aromatic heterocycles. The van der Waals surface area contributed by atoms with Crippen LogP contribution in [-0.4, -0.2) is 32.3 Å². The van der Waals surface area contributed by atoms with E-state index in [1.54, 1.807) is 0 Å². The van der Waals surface area contributed by atoms with Crippen molar-refractivity contribution in [3.8, 4) is 0 Å². The number of nitrogens with two attached hydrogens (primary N) is 1. The summed E-state index contributed by atoms with van der Waals surface area (Å²) in [7, 11) is 0. The highest BCUT2D eigenvalue weighted by atomic mass is 16.5. The van der Waals surface area contributed by atoms with Crippen LogP contribution < -0.4 is 11.1 Å². The van der Waals surface area contributed by atoms with Gasteiger partial charge >= 0.3 is 0 Å².